The van der Waals surface area contributed by atoms with E-state index in [1.54, 1.807) is 24.3 Å². The average Bonchev–Trinajstić information content (AvgIpc) is 2.91. The van der Waals surface area contributed by atoms with Crippen molar-refractivity contribution in [2.45, 2.75) is 18.9 Å². The van der Waals surface area contributed by atoms with Gasteiger partial charge in [-0.15, -0.1) is 0 Å². The molecule has 1 aliphatic rings. The lowest BCUT2D eigenvalue weighted by Crippen LogP contribution is -2.36. The summed E-state index contributed by atoms with van der Waals surface area (Å²) in [5, 5.41) is 5.07. The Hall–Kier alpha value is -2.57. The summed E-state index contributed by atoms with van der Waals surface area (Å²) < 4.78 is 9.90. The first-order valence-corrected chi connectivity index (χ1v) is 6.48. The second-order valence-electron chi connectivity index (χ2n) is 4.55. The summed E-state index contributed by atoms with van der Waals surface area (Å²) in [6.07, 6.45) is 0.699. The number of benzene rings is 1. The van der Waals surface area contributed by atoms with E-state index in [9.17, 15) is 14.4 Å². The molecular weight excluding hydrogens is 276 g/mol. The van der Waals surface area contributed by atoms with Crippen LogP contribution in [0.25, 0.3) is 0 Å². The van der Waals surface area contributed by atoms with E-state index in [-0.39, 0.29) is 5.91 Å². The topological polar surface area (TPSA) is 93.7 Å². The smallest absolute Gasteiger partial charge is 0.329 e. The minimum Gasteiger partial charge on any atom is -0.497 e. The zero-order valence-corrected chi connectivity index (χ0v) is 11.5. The number of ether oxygens (including phenoxy) is 2. The van der Waals surface area contributed by atoms with Crippen molar-refractivity contribution in [1.29, 1.82) is 0 Å². The second kappa shape index (κ2) is 6.74. The number of amides is 2. The first-order chi connectivity index (χ1) is 10.1. The van der Waals surface area contributed by atoms with Gasteiger partial charge in [0, 0.05) is 18.2 Å². The van der Waals surface area contributed by atoms with Crippen LogP contribution in [0.4, 0.5) is 5.69 Å². The van der Waals surface area contributed by atoms with Crippen LogP contribution in [0, 0.1) is 0 Å². The Bertz CT molecular complexity index is 558. The summed E-state index contributed by atoms with van der Waals surface area (Å²) >= 11 is 0. The average molecular weight is 292 g/mol. The molecule has 1 aromatic rings. The van der Waals surface area contributed by atoms with E-state index in [2.05, 4.69) is 10.6 Å². The number of methoxy groups -OCH3 is 1. The van der Waals surface area contributed by atoms with Gasteiger partial charge in [-0.3, -0.25) is 9.59 Å². The third-order valence-electron chi connectivity index (χ3n) is 2.98. The van der Waals surface area contributed by atoms with Crippen molar-refractivity contribution in [3.8, 4) is 5.75 Å². The standard InChI is InChI=1S/C14H16N2O5/c1-20-10-4-2-3-9(7-10)15-13(18)8-21-14(19)11-5-6-12(17)16-11/h2-4,7,11H,5-6,8H2,1H3,(H,15,18)(H,16,17)/t11-/m0/s1. The van der Waals surface area contributed by atoms with Gasteiger partial charge in [-0.2, -0.15) is 0 Å². The van der Waals surface area contributed by atoms with E-state index in [4.69, 9.17) is 9.47 Å². The fourth-order valence-corrected chi connectivity index (χ4v) is 1.93. The van der Waals surface area contributed by atoms with Gasteiger partial charge in [-0.05, 0) is 18.6 Å². The molecule has 112 valence electrons. The van der Waals surface area contributed by atoms with Gasteiger partial charge in [0.25, 0.3) is 5.91 Å². The Labute approximate surface area is 121 Å². The van der Waals surface area contributed by atoms with E-state index in [1.807, 2.05) is 0 Å². The van der Waals surface area contributed by atoms with Gasteiger partial charge >= 0.3 is 5.97 Å². The SMILES string of the molecule is COc1cccc(NC(=O)COC(=O)[C@@H]2CCC(=O)N2)c1. The molecule has 0 unspecified atom stereocenters. The summed E-state index contributed by atoms with van der Waals surface area (Å²) in [7, 11) is 1.53. The van der Waals surface area contributed by atoms with Crippen molar-refractivity contribution in [3.05, 3.63) is 24.3 Å². The second-order valence-corrected chi connectivity index (χ2v) is 4.55. The third-order valence-corrected chi connectivity index (χ3v) is 2.98. The summed E-state index contributed by atoms with van der Waals surface area (Å²) in [5.41, 5.74) is 0.546. The molecule has 2 amide bonds. The Kier molecular flexibility index (Phi) is 4.76. The number of carbonyl (C=O) groups is 3. The van der Waals surface area contributed by atoms with Gasteiger partial charge in [0.1, 0.15) is 11.8 Å². The third kappa shape index (κ3) is 4.20. The molecule has 0 bridgehead atoms. The van der Waals surface area contributed by atoms with Crippen molar-refractivity contribution in [3.63, 3.8) is 0 Å². The van der Waals surface area contributed by atoms with Gasteiger partial charge in [0.15, 0.2) is 6.61 Å². The molecule has 0 saturated carbocycles. The number of carbonyl (C=O) groups excluding carboxylic acids is 3. The van der Waals surface area contributed by atoms with Crippen LogP contribution < -0.4 is 15.4 Å². The molecule has 21 heavy (non-hydrogen) atoms. The molecule has 0 aliphatic carbocycles. The van der Waals surface area contributed by atoms with E-state index < -0.39 is 24.5 Å². The largest absolute Gasteiger partial charge is 0.497 e. The Morgan fingerprint density at radius 1 is 1.43 bits per heavy atom. The molecule has 1 atom stereocenters. The lowest BCUT2D eigenvalue weighted by atomic mass is 10.2. The van der Waals surface area contributed by atoms with E-state index in [1.165, 1.54) is 7.11 Å². The van der Waals surface area contributed by atoms with Gasteiger partial charge in [0.2, 0.25) is 5.91 Å². The molecule has 1 saturated heterocycles. The zero-order valence-electron chi connectivity index (χ0n) is 11.5. The molecule has 2 rings (SSSR count). The van der Waals surface area contributed by atoms with E-state index in [0.29, 0.717) is 24.3 Å². The van der Waals surface area contributed by atoms with Crippen LogP contribution in [0.15, 0.2) is 24.3 Å². The summed E-state index contributed by atoms with van der Waals surface area (Å²) in [5.74, 6) is -0.626. The van der Waals surface area contributed by atoms with Crippen LogP contribution in [-0.4, -0.2) is 37.5 Å². The normalized spacial score (nSPS) is 17.0. The van der Waals surface area contributed by atoms with Crippen LogP contribution in [-0.2, 0) is 19.1 Å². The fourth-order valence-electron chi connectivity index (χ4n) is 1.93. The van der Waals surface area contributed by atoms with Crippen molar-refractivity contribution in [1.82, 2.24) is 5.32 Å². The first kappa shape index (κ1) is 14.8. The highest BCUT2D eigenvalue weighted by atomic mass is 16.5. The highest BCUT2D eigenvalue weighted by Gasteiger charge is 2.28. The maximum Gasteiger partial charge on any atom is 0.329 e. The Balaban J connectivity index is 1.79. The number of rotatable bonds is 5. The van der Waals surface area contributed by atoms with Crippen molar-refractivity contribution >= 4 is 23.5 Å². The van der Waals surface area contributed by atoms with Crippen LogP contribution in [0.1, 0.15) is 12.8 Å². The number of hydrogen-bond acceptors (Lipinski definition) is 5. The molecule has 7 heteroatoms. The van der Waals surface area contributed by atoms with Gasteiger partial charge in [0.05, 0.1) is 7.11 Å². The maximum atomic E-state index is 11.7. The van der Waals surface area contributed by atoms with Crippen LogP contribution in [0.3, 0.4) is 0 Å². The van der Waals surface area contributed by atoms with Crippen LogP contribution in [0.2, 0.25) is 0 Å². The minimum absolute atomic E-state index is 0.183. The number of esters is 1. The minimum atomic E-state index is -0.651. The summed E-state index contributed by atoms with van der Waals surface area (Å²) in [4.78, 5) is 34.3. The van der Waals surface area contributed by atoms with Gasteiger partial charge < -0.3 is 20.1 Å². The first-order valence-electron chi connectivity index (χ1n) is 6.48. The van der Waals surface area contributed by atoms with Crippen LogP contribution in [0.5, 0.6) is 5.75 Å². The van der Waals surface area contributed by atoms with Gasteiger partial charge in [-0.1, -0.05) is 6.07 Å². The van der Waals surface area contributed by atoms with Gasteiger partial charge in [-0.25, -0.2) is 4.79 Å². The van der Waals surface area contributed by atoms with E-state index >= 15 is 0 Å². The molecule has 1 fully saturated rings. The highest BCUT2D eigenvalue weighted by molar-refractivity contribution is 5.94. The number of anilines is 1. The molecule has 1 heterocycles. The van der Waals surface area contributed by atoms with Crippen LogP contribution >= 0.6 is 0 Å². The lowest BCUT2D eigenvalue weighted by molar-refractivity contribution is -0.149. The molecule has 0 aromatic heterocycles. The Morgan fingerprint density at radius 2 is 2.24 bits per heavy atom. The van der Waals surface area contributed by atoms with E-state index in [0.717, 1.165) is 0 Å². The predicted octanol–water partition coefficient (Wildman–Crippen LogP) is 0.455. The molecule has 7 nitrogen and oxygen atoms in total. The molecular formula is C14H16N2O5. The predicted molar refractivity (Wildman–Crippen MR) is 73.7 cm³/mol. The highest BCUT2D eigenvalue weighted by Crippen LogP contribution is 2.16. The summed E-state index contributed by atoms with van der Waals surface area (Å²) in [6, 6.07) is 6.17. The number of hydrogen-bond donors (Lipinski definition) is 2. The fraction of sp³-hybridized carbons (Fsp3) is 0.357. The quantitative estimate of drug-likeness (QED) is 0.769. The molecule has 0 radical (unpaired) electrons. The summed E-state index contributed by atoms with van der Waals surface area (Å²) in [6.45, 7) is -0.400. The lowest BCUT2D eigenvalue weighted by Gasteiger charge is -2.10. The molecule has 0 spiro atoms. The monoisotopic (exact) mass is 292 g/mol. The van der Waals surface area contributed by atoms with Crippen molar-refractivity contribution in [2.75, 3.05) is 19.0 Å². The molecule has 2 N–H and O–H groups in total. The number of nitrogens with one attached hydrogen (secondary N) is 2. The molecule has 1 aromatic carbocycles. The Morgan fingerprint density at radius 3 is 2.90 bits per heavy atom. The maximum absolute atomic E-state index is 11.7. The van der Waals surface area contributed by atoms with Crippen molar-refractivity contribution < 1.29 is 23.9 Å². The molecule has 1 aliphatic heterocycles. The van der Waals surface area contributed by atoms with Crippen molar-refractivity contribution in [2.24, 2.45) is 0 Å². The zero-order chi connectivity index (χ0) is 15.2.